The molecule has 2 N–H and O–H groups in total. The van der Waals surface area contributed by atoms with E-state index in [2.05, 4.69) is 10.6 Å². The molecule has 6 nitrogen and oxygen atoms in total. The van der Waals surface area contributed by atoms with E-state index in [0.29, 0.717) is 29.4 Å². The first-order valence-corrected chi connectivity index (χ1v) is 8.65. The number of hydrogen-bond donors (Lipinski definition) is 2. The van der Waals surface area contributed by atoms with Crippen molar-refractivity contribution in [3.8, 4) is 17.2 Å². The molecule has 0 aliphatic carbocycles. The Morgan fingerprint density at radius 1 is 1.15 bits per heavy atom. The molecule has 1 saturated heterocycles. The SMILES string of the molecule is COc1cc(C(=O)NC2CCNC2)cc(OC)c1OCc1ccccc1.Cl. The topological polar surface area (TPSA) is 68.8 Å². The largest absolute Gasteiger partial charge is 0.493 e. The molecule has 0 aromatic heterocycles. The number of nitrogens with one attached hydrogen (secondary N) is 2. The van der Waals surface area contributed by atoms with Crippen molar-refractivity contribution in [3.63, 3.8) is 0 Å². The summed E-state index contributed by atoms with van der Waals surface area (Å²) in [7, 11) is 3.10. The van der Waals surface area contributed by atoms with Crippen molar-refractivity contribution in [3.05, 3.63) is 53.6 Å². The van der Waals surface area contributed by atoms with E-state index in [9.17, 15) is 4.79 Å². The molecule has 146 valence electrons. The average Bonchev–Trinajstić information content (AvgIpc) is 3.19. The number of rotatable bonds is 7. The van der Waals surface area contributed by atoms with Gasteiger partial charge in [0.25, 0.3) is 5.91 Å². The molecular formula is C20H25ClN2O4. The summed E-state index contributed by atoms with van der Waals surface area (Å²) in [5, 5.41) is 6.25. The van der Waals surface area contributed by atoms with Crippen molar-refractivity contribution in [1.82, 2.24) is 10.6 Å². The van der Waals surface area contributed by atoms with Gasteiger partial charge in [-0.05, 0) is 30.7 Å². The lowest BCUT2D eigenvalue weighted by Gasteiger charge is -2.17. The first-order valence-electron chi connectivity index (χ1n) is 8.65. The van der Waals surface area contributed by atoms with Gasteiger partial charge < -0.3 is 24.8 Å². The van der Waals surface area contributed by atoms with Crippen molar-refractivity contribution >= 4 is 18.3 Å². The summed E-state index contributed by atoms with van der Waals surface area (Å²) in [6.07, 6.45) is 0.929. The third kappa shape index (κ3) is 5.28. The van der Waals surface area contributed by atoms with Gasteiger partial charge in [0.2, 0.25) is 5.75 Å². The molecule has 0 bridgehead atoms. The summed E-state index contributed by atoms with van der Waals surface area (Å²) < 4.78 is 16.8. The lowest BCUT2D eigenvalue weighted by molar-refractivity contribution is 0.0939. The van der Waals surface area contributed by atoms with Gasteiger partial charge in [0.05, 0.1) is 14.2 Å². The first kappa shape index (κ1) is 20.9. The van der Waals surface area contributed by atoms with Crippen LogP contribution in [0.15, 0.2) is 42.5 Å². The van der Waals surface area contributed by atoms with Gasteiger partial charge >= 0.3 is 0 Å². The molecule has 3 rings (SSSR count). The van der Waals surface area contributed by atoms with Crippen molar-refractivity contribution < 1.29 is 19.0 Å². The van der Waals surface area contributed by atoms with E-state index in [0.717, 1.165) is 25.1 Å². The Morgan fingerprint density at radius 2 is 1.81 bits per heavy atom. The zero-order chi connectivity index (χ0) is 18.4. The van der Waals surface area contributed by atoms with Crippen LogP contribution in [0.5, 0.6) is 17.2 Å². The normalized spacial score (nSPS) is 15.6. The Hall–Kier alpha value is -2.44. The number of methoxy groups -OCH3 is 2. The second kappa shape index (κ2) is 10.0. The number of ether oxygens (including phenoxy) is 3. The Morgan fingerprint density at radius 3 is 2.37 bits per heavy atom. The smallest absolute Gasteiger partial charge is 0.251 e. The van der Waals surface area contributed by atoms with Crippen LogP contribution in [0.2, 0.25) is 0 Å². The van der Waals surface area contributed by atoms with Gasteiger partial charge in [-0.1, -0.05) is 30.3 Å². The molecule has 0 saturated carbocycles. The highest BCUT2D eigenvalue weighted by Gasteiger charge is 2.21. The molecule has 1 heterocycles. The number of amides is 1. The van der Waals surface area contributed by atoms with E-state index >= 15 is 0 Å². The lowest BCUT2D eigenvalue weighted by atomic mass is 10.1. The van der Waals surface area contributed by atoms with E-state index in [1.807, 2.05) is 30.3 Å². The van der Waals surface area contributed by atoms with Gasteiger partial charge in [-0.15, -0.1) is 12.4 Å². The fraction of sp³-hybridized carbons (Fsp3) is 0.350. The summed E-state index contributed by atoms with van der Waals surface area (Å²) in [5.41, 5.74) is 1.52. The predicted molar refractivity (Wildman–Crippen MR) is 106 cm³/mol. The average molecular weight is 393 g/mol. The minimum atomic E-state index is -0.148. The Bertz CT molecular complexity index is 724. The summed E-state index contributed by atoms with van der Waals surface area (Å²) in [6, 6.07) is 13.3. The molecular weight excluding hydrogens is 368 g/mol. The van der Waals surface area contributed by atoms with E-state index in [-0.39, 0.29) is 24.4 Å². The number of carbonyl (C=O) groups excluding carboxylic acids is 1. The van der Waals surface area contributed by atoms with E-state index in [1.165, 1.54) is 0 Å². The van der Waals surface area contributed by atoms with Gasteiger partial charge in [-0.25, -0.2) is 0 Å². The zero-order valence-electron chi connectivity index (χ0n) is 15.5. The minimum absolute atomic E-state index is 0. The van der Waals surface area contributed by atoms with Crippen molar-refractivity contribution in [2.45, 2.75) is 19.1 Å². The Labute approximate surface area is 165 Å². The van der Waals surface area contributed by atoms with Crippen LogP contribution in [0.4, 0.5) is 0 Å². The van der Waals surface area contributed by atoms with Gasteiger partial charge in [-0.3, -0.25) is 4.79 Å². The van der Waals surface area contributed by atoms with Gasteiger partial charge in [0, 0.05) is 18.2 Å². The van der Waals surface area contributed by atoms with Crippen LogP contribution >= 0.6 is 12.4 Å². The Kier molecular flexibility index (Phi) is 7.76. The molecule has 1 aliphatic heterocycles. The molecule has 27 heavy (non-hydrogen) atoms. The molecule has 1 unspecified atom stereocenters. The lowest BCUT2D eigenvalue weighted by Crippen LogP contribution is -2.36. The van der Waals surface area contributed by atoms with E-state index in [4.69, 9.17) is 14.2 Å². The number of benzene rings is 2. The molecule has 7 heteroatoms. The summed E-state index contributed by atoms with van der Waals surface area (Å²) >= 11 is 0. The molecule has 0 radical (unpaired) electrons. The summed E-state index contributed by atoms with van der Waals surface area (Å²) in [6.45, 7) is 2.09. The zero-order valence-corrected chi connectivity index (χ0v) is 16.3. The van der Waals surface area contributed by atoms with E-state index < -0.39 is 0 Å². The molecule has 1 fully saturated rings. The molecule has 1 atom stereocenters. The number of halogens is 1. The Balaban J connectivity index is 0.00000261. The quantitative estimate of drug-likeness (QED) is 0.758. The van der Waals surface area contributed by atoms with Crippen LogP contribution in [-0.4, -0.2) is 39.3 Å². The van der Waals surface area contributed by atoms with Crippen LogP contribution in [0.1, 0.15) is 22.3 Å². The third-order valence-electron chi connectivity index (χ3n) is 4.34. The van der Waals surface area contributed by atoms with Crippen molar-refractivity contribution in [2.75, 3.05) is 27.3 Å². The standard InChI is InChI=1S/C20H24N2O4.ClH/c1-24-17-10-15(20(23)22-16-8-9-21-12-16)11-18(25-2)19(17)26-13-14-6-4-3-5-7-14;/h3-7,10-11,16,21H,8-9,12-13H2,1-2H3,(H,22,23);1H. The second-order valence-corrected chi connectivity index (χ2v) is 6.15. The van der Waals surface area contributed by atoms with Gasteiger partial charge in [0.15, 0.2) is 11.5 Å². The van der Waals surface area contributed by atoms with Crippen LogP contribution < -0.4 is 24.8 Å². The van der Waals surface area contributed by atoms with Crippen LogP contribution in [0, 0.1) is 0 Å². The molecule has 2 aromatic rings. The predicted octanol–water partition coefficient (Wildman–Crippen LogP) is 2.80. The first-order chi connectivity index (χ1) is 12.7. The van der Waals surface area contributed by atoms with Crippen LogP contribution in [-0.2, 0) is 6.61 Å². The monoisotopic (exact) mass is 392 g/mol. The van der Waals surface area contributed by atoms with Crippen molar-refractivity contribution in [1.29, 1.82) is 0 Å². The third-order valence-corrected chi connectivity index (χ3v) is 4.34. The maximum atomic E-state index is 12.5. The minimum Gasteiger partial charge on any atom is -0.493 e. The van der Waals surface area contributed by atoms with Crippen LogP contribution in [0.25, 0.3) is 0 Å². The molecule has 1 amide bonds. The highest BCUT2D eigenvalue weighted by Crippen LogP contribution is 2.39. The highest BCUT2D eigenvalue weighted by molar-refractivity contribution is 5.95. The number of hydrogen-bond acceptors (Lipinski definition) is 5. The maximum absolute atomic E-state index is 12.5. The fourth-order valence-corrected chi connectivity index (χ4v) is 2.93. The van der Waals surface area contributed by atoms with Crippen molar-refractivity contribution in [2.24, 2.45) is 0 Å². The maximum Gasteiger partial charge on any atom is 0.251 e. The van der Waals surface area contributed by atoms with Gasteiger partial charge in [-0.2, -0.15) is 0 Å². The molecule has 1 aliphatic rings. The van der Waals surface area contributed by atoms with Gasteiger partial charge in [0.1, 0.15) is 6.61 Å². The molecule has 2 aromatic carbocycles. The van der Waals surface area contributed by atoms with E-state index in [1.54, 1.807) is 26.4 Å². The summed E-state index contributed by atoms with van der Waals surface area (Å²) in [4.78, 5) is 12.5. The van der Waals surface area contributed by atoms with Crippen LogP contribution in [0.3, 0.4) is 0 Å². The molecule has 0 spiro atoms. The highest BCUT2D eigenvalue weighted by atomic mass is 35.5. The number of carbonyl (C=O) groups is 1. The fourth-order valence-electron chi connectivity index (χ4n) is 2.93. The summed E-state index contributed by atoms with van der Waals surface area (Å²) in [5.74, 6) is 1.27. The second-order valence-electron chi connectivity index (χ2n) is 6.15.